The molecule has 1 aliphatic rings. The summed E-state index contributed by atoms with van der Waals surface area (Å²) in [6.45, 7) is 6.75. The van der Waals surface area contributed by atoms with Crippen molar-refractivity contribution in [2.24, 2.45) is 0 Å². The molecule has 0 saturated carbocycles. The third-order valence-corrected chi connectivity index (χ3v) is 5.78. The molecular formula is C20H23N3O2S. The van der Waals surface area contributed by atoms with Crippen molar-refractivity contribution in [1.82, 2.24) is 10.3 Å². The van der Waals surface area contributed by atoms with Gasteiger partial charge in [-0.1, -0.05) is 6.07 Å². The van der Waals surface area contributed by atoms with Crippen LogP contribution in [0, 0.1) is 13.8 Å². The molecule has 0 radical (unpaired) electrons. The molecule has 0 bridgehead atoms. The lowest BCUT2D eigenvalue weighted by atomic mass is 10.0. The zero-order valence-corrected chi connectivity index (χ0v) is 16.0. The topological polar surface area (TPSA) is 58.4 Å². The quantitative estimate of drug-likeness (QED) is 0.739. The average molecular weight is 369 g/mol. The molecule has 1 N–H and O–H groups in total. The maximum absolute atomic E-state index is 12.4. The van der Waals surface area contributed by atoms with Crippen molar-refractivity contribution in [3.8, 4) is 0 Å². The first-order chi connectivity index (χ1) is 12.6. The van der Waals surface area contributed by atoms with E-state index in [0.717, 1.165) is 51.6 Å². The molecular weight excluding hydrogens is 346 g/mol. The van der Waals surface area contributed by atoms with Gasteiger partial charge in [-0.15, -0.1) is 11.3 Å². The van der Waals surface area contributed by atoms with Crippen LogP contribution in [0.25, 0.3) is 11.0 Å². The maximum atomic E-state index is 12.4. The van der Waals surface area contributed by atoms with Gasteiger partial charge in [-0.05, 0) is 43.9 Å². The van der Waals surface area contributed by atoms with E-state index in [4.69, 9.17) is 4.42 Å². The maximum Gasteiger partial charge on any atom is 0.224 e. The number of thiazole rings is 1. The molecule has 1 amide bonds. The van der Waals surface area contributed by atoms with Crippen LogP contribution in [-0.4, -0.2) is 24.0 Å². The van der Waals surface area contributed by atoms with Crippen LogP contribution < -0.4 is 10.2 Å². The van der Waals surface area contributed by atoms with Gasteiger partial charge in [0.1, 0.15) is 5.58 Å². The van der Waals surface area contributed by atoms with E-state index in [2.05, 4.69) is 28.2 Å². The lowest BCUT2D eigenvalue weighted by molar-refractivity contribution is -0.120. The smallest absolute Gasteiger partial charge is 0.224 e. The summed E-state index contributed by atoms with van der Waals surface area (Å²) in [7, 11) is 0. The molecule has 1 aromatic carbocycles. The van der Waals surface area contributed by atoms with Gasteiger partial charge in [0.15, 0.2) is 5.13 Å². The van der Waals surface area contributed by atoms with Crippen molar-refractivity contribution in [1.29, 1.82) is 0 Å². The second kappa shape index (κ2) is 7.11. The highest BCUT2D eigenvalue weighted by Gasteiger charge is 2.16. The van der Waals surface area contributed by atoms with Gasteiger partial charge >= 0.3 is 0 Å². The van der Waals surface area contributed by atoms with E-state index in [1.165, 1.54) is 12.8 Å². The van der Waals surface area contributed by atoms with Gasteiger partial charge in [0.25, 0.3) is 0 Å². The van der Waals surface area contributed by atoms with Crippen LogP contribution in [0.4, 0.5) is 5.13 Å². The Bertz CT molecular complexity index is 938. The van der Waals surface area contributed by atoms with E-state index in [9.17, 15) is 4.79 Å². The molecule has 6 heteroatoms. The highest BCUT2D eigenvalue weighted by Crippen LogP contribution is 2.27. The first-order valence-corrected chi connectivity index (χ1v) is 9.91. The molecule has 1 fully saturated rings. The average Bonchev–Trinajstić information content (AvgIpc) is 3.33. The minimum absolute atomic E-state index is 0.0107. The summed E-state index contributed by atoms with van der Waals surface area (Å²) in [4.78, 5) is 19.3. The van der Waals surface area contributed by atoms with E-state index in [1.807, 2.05) is 18.4 Å². The summed E-state index contributed by atoms with van der Waals surface area (Å²) in [5.74, 6) is -0.0107. The first kappa shape index (κ1) is 17.1. The van der Waals surface area contributed by atoms with E-state index in [-0.39, 0.29) is 5.91 Å². The van der Waals surface area contributed by atoms with Gasteiger partial charge in [-0.3, -0.25) is 4.79 Å². The Morgan fingerprint density at radius 3 is 2.92 bits per heavy atom. The molecule has 0 unspecified atom stereocenters. The number of rotatable bonds is 5. The minimum Gasteiger partial charge on any atom is -0.464 e. The van der Waals surface area contributed by atoms with E-state index >= 15 is 0 Å². The molecule has 0 atom stereocenters. The van der Waals surface area contributed by atoms with Crippen molar-refractivity contribution < 1.29 is 9.21 Å². The van der Waals surface area contributed by atoms with Crippen LogP contribution in [-0.2, 0) is 17.8 Å². The second-order valence-electron chi connectivity index (χ2n) is 6.98. The molecule has 4 rings (SSSR count). The fourth-order valence-electron chi connectivity index (χ4n) is 3.61. The summed E-state index contributed by atoms with van der Waals surface area (Å²) in [6, 6.07) is 4.13. The number of carbonyl (C=O) groups is 1. The zero-order valence-electron chi connectivity index (χ0n) is 15.2. The molecule has 136 valence electrons. The van der Waals surface area contributed by atoms with Crippen molar-refractivity contribution >= 4 is 33.3 Å². The second-order valence-corrected chi connectivity index (χ2v) is 7.82. The van der Waals surface area contributed by atoms with Crippen LogP contribution in [0.3, 0.4) is 0 Å². The predicted octanol–water partition coefficient (Wildman–Crippen LogP) is 3.97. The number of aryl methyl sites for hydroxylation is 2. The summed E-state index contributed by atoms with van der Waals surface area (Å²) in [5.41, 5.74) is 5.02. The zero-order chi connectivity index (χ0) is 18.1. The highest BCUT2D eigenvalue weighted by molar-refractivity contribution is 7.13. The molecule has 2 aromatic heterocycles. The largest absolute Gasteiger partial charge is 0.464 e. The van der Waals surface area contributed by atoms with E-state index in [1.54, 1.807) is 17.6 Å². The monoisotopic (exact) mass is 369 g/mol. The van der Waals surface area contributed by atoms with Crippen LogP contribution in [0.5, 0.6) is 0 Å². The SMILES string of the molecule is Cc1cc(C)c2c(CC(=O)NCc3csc(N4CCCC4)n3)coc2c1. The van der Waals surface area contributed by atoms with Crippen LogP contribution in [0.2, 0.25) is 0 Å². The lowest BCUT2D eigenvalue weighted by Crippen LogP contribution is -2.24. The molecule has 3 heterocycles. The standard InChI is InChI=1S/C20H23N3O2S/c1-13-7-14(2)19-15(11-25-17(19)8-13)9-18(24)21-10-16-12-26-20(22-16)23-5-3-4-6-23/h7-8,11-12H,3-6,9-10H2,1-2H3,(H,21,24). The summed E-state index contributed by atoms with van der Waals surface area (Å²) in [5, 5.41) is 7.14. The summed E-state index contributed by atoms with van der Waals surface area (Å²) < 4.78 is 5.64. The van der Waals surface area contributed by atoms with Crippen molar-refractivity contribution in [3.05, 3.63) is 46.2 Å². The van der Waals surface area contributed by atoms with Gasteiger partial charge in [0.2, 0.25) is 5.91 Å². The Balaban J connectivity index is 1.39. The van der Waals surface area contributed by atoms with Crippen molar-refractivity contribution in [2.45, 2.75) is 39.7 Å². The van der Waals surface area contributed by atoms with Gasteiger partial charge in [-0.2, -0.15) is 0 Å². The number of hydrogen-bond donors (Lipinski definition) is 1. The van der Waals surface area contributed by atoms with Crippen molar-refractivity contribution in [2.75, 3.05) is 18.0 Å². The van der Waals surface area contributed by atoms with Gasteiger partial charge in [0, 0.05) is 29.4 Å². The molecule has 0 spiro atoms. The Labute approximate surface area is 157 Å². The number of fused-ring (bicyclic) bond motifs is 1. The molecule has 0 aliphatic carbocycles. The number of amides is 1. The number of aromatic nitrogens is 1. The highest BCUT2D eigenvalue weighted by atomic mass is 32.1. The number of nitrogens with zero attached hydrogens (tertiary/aromatic N) is 2. The predicted molar refractivity (Wildman–Crippen MR) is 105 cm³/mol. The Kier molecular flexibility index (Phi) is 4.68. The van der Waals surface area contributed by atoms with Crippen LogP contribution in [0.1, 0.15) is 35.2 Å². The number of nitrogens with one attached hydrogen (secondary N) is 1. The molecule has 1 saturated heterocycles. The fraction of sp³-hybridized carbons (Fsp3) is 0.400. The Morgan fingerprint density at radius 2 is 2.12 bits per heavy atom. The van der Waals surface area contributed by atoms with E-state index < -0.39 is 0 Å². The summed E-state index contributed by atoms with van der Waals surface area (Å²) in [6.07, 6.45) is 4.50. The number of carbonyl (C=O) groups excluding carboxylic acids is 1. The van der Waals surface area contributed by atoms with Gasteiger partial charge in [0.05, 0.1) is 24.9 Å². The number of hydrogen-bond acceptors (Lipinski definition) is 5. The molecule has 3 aromatic rings. The van der Waals surface area contributed by atoms with Crippen LogP contribution >= 0.6 is 11.3 Å². The normalized spacial score (nSPS) is 14.3. The van der Waals surface area contributed by atoms with Gasteiger partial charge < -0.3 is 14.6 Å². The van der Waals surface area contributed by atoms with Gasteiger partial charge in [-0.25, -0.2) is 4.98 Å². The molecule has 26 heavy (non-hydrogen) atoms. The third-order valence-electron chi connectivity index (χ3n) is 4.83. The first-order valence-electron chi connectivity index (χ1n) is 9.03. The number of furan rings is 1. The molecule has 1 aliphatic heterocycles. The third kappa shape index (κ3) is 3.46. The lowest BCUT2D eigenvalue weighted by Gasteiger charge is -2.12. The minimum atomic E-state index is -0.0107. The summed E-state index contributed by atoms with van der Waals surface area (Å²) >= 11 is 1.66. The van der Waals surface area contributed by atoms with Crippen LogP contribution in [0.15, 0.2) is 28.2 Å². The number of benzene rings is 1. The fourth-order valence-corrected chi connectivity index (χ4v) is 4.49. The van der Waals surface area contributed by atoms with Crippen molar-refractivity contribution in [3.63, 3.8) is 0 Å². The van der Waals surface area contributed by atoms with E-state index in [0.29, 0.717) is 13.0 Å². The Hall–Kier alpha value is -2.34. The molecule has 5 nitrogen and oxygen atoms in total. The number of anilines is 1. The Morgan fingerprint density at radius 1 is 1.31 bits per heavy atom.